The van der Waals surface area contributed by atoms with Gasteiger partial charge in [0.05, 0.1) is 24.2 Å². The van der Waals surface area contributed by atoms with Crippen molar-refractivity contribution in [2.75, 3.05) is 6.26 Å². The smallest absolute Gasteiger partial charge is 0.111 e. The Kier molecular flexibility index (Phi) is 8.67. The lowest BCUT2D eigenvalue weighted by Gasteiger charge is -2.39. The summed E-state index contributed by atoms with van der Waals surface area (Å²) >= 11 is 1.88. The van der Waals surface area contributed by atoms with E-state index in [0.29, 0.717) is 12.3 Å². The molecule has 5 heteroatoms. The molecule has 2 aromatic rings. The molecule has 0 radical (unpaired) electrons. The number of benzene rings is 1. The lowest BCUT2D eigenvalue weighted by Crippen LogP contribution is -2.34. The Morgan fingerprint density at radius 3 is 2.34 bits per heavy atom. The van der Waals surface area contributed by atoms with Crippen LogP contribution in [0.5, 0.6) is 0 Å². The highest BCUT2D eigenvalue weighted by Gasteiger charge is 2.55. The minimum atomic E-state index is -0.503. The first kappa shape index (κ1) is 29.1. The molecular weight excluding hydrogens is 488 g/mol. The first-order chi connectivity index (χ1) is 17.9. The summed E-state index contributed by atoms with van der Waals surface area (Å²) in [6.45, 7) is 15.6. The number of fused-ring (bicyclic) bond motifs is 4. The van der Waals surface area contributed by atoms with Gasteiger partial charge in [-0.15, -0.1) is 0 Å². The number of hydrogen-bond donors (Lipinski definition) is 1. The lowest BCUT2D eigenvalue weighted by atomic mass is 9.69. The molecule has 1 N–H and O–H groups in total. The summed E-state index contributed by atoms with van der Waals surface area (Å²) in [6, 6.07) is 10.6. The summed E-state index contributed by atoms with van der Waals surface area (Å²) in [5.41, 5.74) is 7.53. The maximum Gasteiger partial charge on any atom is 0.111 e. The van der Waals surface area contributed by atoms with E-state index < -0.39 is 6.10 Å². The molecule has 38 heavy (non-hydrogen) atoms. The Labute approximate surface area is 234 Å². The van der Waals surface area contributed by atoms with Gasteiger partial charge in [0.2, 0.25) is 0 Å². The van der Waals surface area contributed by atoms with Crippen LogP contribution in [0.4, 0.5) is 0 Å². The predicted molar refractivity (Wildman–Crippen MR) is 157 cm³/mol. The van der Waals surface area contributed by atoms with Gasteiger partial charge in [-0.3, -0.25) is 4.98 Å². The van der Waals surface area contributed by atoms with Crippen molar-refractivity contribution in [3.8, 4) is 6.07 Å². The SMILES string of the molecule is CC(C)c1nc2c(c3c1C(c1ccc(CC#N)cc1)OC31CCCC1C)C(O)CC(C)(C)C2.CSC(C)C. The van der Waals surface area contributed by atoms with Crippen LogP contribution in [-0.4, -0.2) is 21.6 Å². The summed E-state index contributed by atoms with van der Waals surface area (Å²) in [5.74, 6) is 0.662. The lowest BCUT2D eigenvalue weighted by molar-refractivity contribution is -0.0842. The molecule has 2 aliphatic carbocycles. The molecule has 1 spiro atoms. The van der Waals surface area contributed by atoms with Crippen LogP contribution < -0.4 is 0 Å². The molecular formula is C33H46N2O2S. The van der Waals surface area contributed by atoms with Crippen molar-refractivity contribution in [3.05, 3.63) is 63.5 Å². The van der Waals surface area contributed by atoms with Gasteiger partial charge in [0.25, 0.3) is 0 Å². The van der Waals surface area contributed by atoms with E-state index in [1.54, 1.807) is 0 Å². The van der Waals surface area contributed by atoms with Gasteiger partial charge in [-0.25, -0.2) is 0 Å². The van der Waals surface area contributed by atoms with Crippen LogP contribution >= 0.6 is 11.8 Å². The van der Waals surface area contributed by atoms with E-state index in [9.17, 15) is 5.11 Å². The molecule has 1 fully saturated rings. The van der Waals surface area contributed by atoms with Gasteiger partial charge in [-0.1, -0.05) is 72.7 Å². The second-order valence-corrected chi connectivity index (χ2v) is 14.3. The van der Waals surface area contributed by atoms with Gasteiger partial charge >= 0.3 is 0 Å². The summed E-state index contributed by atoms with van der Waals surface area (Å²) in [7, 11) is 0. The van der Waals surface area contributed by atoms with Crippen molar-refractivity contribution >= 4 is 11.8 Å². The van der Waals surface area contributed by atoms with Gasteiger partial charge in [0, 0.05) is 22.5 Å². The largest absolute Gasteiger partial charge is 0.388 e. The molecule has 1 saturated carbocycles. The number of nitriles is 1. The average Bonchev–Trinajstić information content (AvgIpc) is 3.39. The van der Waals surface area contributed by atoms with Crippen molar-refractivity contribution in [1.82, 2.24) is 4.98 Å². The number of thioether (sulfide) groups is 1. The molecule has 5 rings (SSSR count). The second kappa shape index (κ2) is 11.3. The Bertz CT molecular complexity index is 1180. The second-order valence-electron chi connectivity index (χ2n) is 12.9. The molecule has 0 saturated heterocycles. The number of aliphatic hydroxyl groups excluding tert-OH is 1. The number of hydrogen-bond acceptors (Lipinski definition) is 5. The van der Waals surface area contributed by atoms with E-state index in [1.807, 2.05) is 23.9 Å². The van der Waals surface area contributed by atoms with Gasteiger partial charge in [0.15, 0.2) is 0 Å². The van der Waals surface area contributed by atoms with Crippen LogP contribution in [0.2, 0.25) is 0 Å². The highest BCUT2D eigenvalue weighted by molar-refractivity contribution is 7.99. The van der Waals surface area contributed by atoms with E-state index in [1.165, 1.54) is 11.1 Å². The van der Waals surface area contributed by atoms with Crippen LogP contribution in [0.25, 0.3) is 0 Å². The number of rotatable bonds is 4. The van der Waals surface area contributed by atoms with E-state index in [4.69, 9.17) is 15.0 Å². The number of ether oxygens (including phenoxy) is 1. The average molecular weight is 535 g/mol. The zero-order valence-electron chi connectivity index (χ0n) is 24.6. The third-order valence-electron chi connectivity index (χ3n) is 8.68. The van der Waals surface area contributed by atoms with Gasteiger partial charge < -0.3 is 9.84 Å². The molecule has 0 amide bonds. The summed E-state index contributed by atoms with van der Waals surface area (Å²) in [4.78, 5) is 5.25. The third-order valence-corrected chi connectivity index (χ3v) is 9.63. The van der Waals surface area contributed by atoms with Crippen LogP contribution in [0.3, 0.4) is 0 Å². The standard InChI is InChI=1S/C29H36N2O2.C4H10S/c1-17(2)26-24-25(23-21(31-26)15-28(4,5)16-22(23)32)29(13-6-7-18(29)3)33-27(24)20-10-8-19(9-11-20)12-14-30;1-4(2)5-3/h8-11,17-18,22,27,32H,6-7,12-13,15-16H2,1-5H3;4H,1-3H3. The van der Waals surface area contributed by atoms with Gasteiger partial charge in [0.1, 0.15) is 6.10 Å². The first-order valence-corrected chi connectivity index (χ1v) is 15.6. The number of aliphatic hydroxyl groups is 1. The molecule has 3 aliphatic rings. The summed E-state index contributed by atoms with van der Waals surface area (Å²) in [5, 5.41) is 21.3. The minimum absolute atomic E-state index is 0.0335. The Morgan fingerprint density at radius 1 is 1.16 bits per heavy atom. The van der Waals surface area contributed by atoms with Crippen LogP contribution in [0.1, 0.15) is 131 Å². The van der Waals surface area contributed by atoms with Crippen LogP contribution in [0.15, 0.2) is 24.3 Å². The highest BCUT2D eigenvalue weighted by Crippen LogP contribution is 2.61. The zero-order valence-corrected chi connectivity index (χ0v) is 25.4. The van der Waals surface area contributed by atoms with E-state index in [2.05, 4.69) is 72.9 Å². The topological polar surface area (TPSA) is 66.1 Å². The predicted octanol–water partition coefficient (Wildman–Crippen LogP) is 8.17. The Hall–Kier alpha value is -1.87. The molecule has 1 aromatic heterocycles. The van der Waals surface area contributed by atoms with Crippen molar-refractivity contribution in [1.29, 1.82) is 5.26 Å². The summed E-state index contributed by atoms with van der Waals surface area (Å²) in [6.07, 6.45) is 6.77. The van der Waals surface area contributed by atoms with Crippen LogP contribution in [0, 0.1) is 22.7 Å². The first-order valence-electron chi connectivity index (χ1n) is 14.4. The number of pyridine rings is 1. The molecule has 4 unspecified atom stereocenters. The molecule has 1 aliphatic heterocycles. The molecule has 1 aromatic carbocycles. The van der Waals surface area contributed by atoms with E-state index in [-0.39, 0.29) is 23.0 Å². The fraction of sp³-hybridized carbons (Fsp3) is 0.636. The van der Waals surface area contributed by atoms with Crippen molar-refractivity contribution in [3.63, 3.8) is 0 Å². The molecule has 2 heterocycles. The maximum atomic E-state index is 11.4. The van der Waals surface area contributed by atoms with Crippen molar-refractivity contribution in [2.45, 2.75) is 116 Å². The molecule has 0 bridgehead atoms. The maximum absolute atomic E-state index is 11.4. The van der Waals surface area contributed by atoms with Crippen molar-refractivity contribution < 1.29 is 9.84 Å². The van der Waals surface area contributed by atoms with Gasteiger partial charge in [-0.05, 0) is 77.6 Å². The molecule has 4 nitrogen and oxygen atoms in total. The summed E-state index contributed by atoms with van der Waals surface area (Å²) < 4.78 is 7.12. The molecule has 206 valence electrons. The Balaban J connectivity index is 0.000000617. The zero-order chi connectivity index (χ0) is 27.8. The highest BCUT2D eigenvalue weighted by atomic mass is 32.2. The monoisotopic (exact) mass is 534 g/mol. The molecule has 4 atom stereocenters. The van der Waals surface area contributed by atoms with Crippen molar-refractivity contribution in [2.24, 2.45) is 11.3 Å². The minimum Gasteiger partial charge on any atom is -0.388 e. The number of nitrogens with zero attached hydrogens (tertiary/aromatic N) is 2. The van der Waals surface area contributed by atoms with E-state index in [0.717, 1.165) is 65.4 Å². The normalized spacial score (nSPS) is 27.2. The van der Waals surface area contributed by atoms with Gasteiger partial charge in [-0.2, -0.15) is 17.0 Å². The van der Waals surface area contributed by atoms with Crippen LogP contribution in [-0.2, 0) is 23.2 Å². The van der Waals surface area contributed by atoms with E-state index >= 15 is 0 Å². The number of aromatic nitrogens is 1. The Morgan fingerprint density at radius 2 is 1.82 bits per heavy atom. The fourth-order valence-electron chi connectivity index (χ4n) is 6.65. The fourth-order valence-corrected chi connectivity index (χ4v) is 6.65. The quantitative estimate of drug-likeness (QED) is 0.428. The third kappa shape index (κ3) is 5.42.